The third-order valence-electron chi connectivity index (χ3n) is 11.3. The third-order valence-corrected chi connectivity index (χ3v) is 11.3. The first-order valence-corrected chi connectivity index (χ1v) is 20.9. The van der Waals surface area contributed by atoms with Crippen molar-refractivity contribution >= 4 is 44.6 Å². The molecule has 0 saturated carbocycles. The summed E-state index contributed by atoms with van der Waals surface area (Å²) in [6.45, 7) is 13.1. The lowest BCUT2D eigenvalue weighted by Gasteiger charge is -2.26. The molecule has 0 saturated heterocycles. The smallest absolute Gasteiger partial charge is 0.137 e. The number of hydrogen-bond donors (Lipinski definition) is 2. The number of para-hydroxylation sites is 3. The first-order valence-electron chi connectivity index (χ1n) is 20.9. The number of fused-ring (bicyclic) bond motifs is 3. The van der Waals surface area contributed by atoms with E-state index >= 15 is 0 Å². The maximum atomic E-state index is 14.3. The van der Waals surface area contributed by atoms with Crippen LogP contribution in [0.2, 0.25) is 0 Å². The fraction of sp³-hybridized carbons (Fsp3) is 0.145. The van der Waals surface area contributed by atoms with E-state index in [4.69, 9.17) is 9.72 Å². The minimum Gasteiger partial charge on any atom is -0.457 e. The Morgan fingerprint density at radius 3 is 1.73 bits per heavy atom. The van der Waals surface area contributed by atoms with Gasteiger partial charge in [0.15, 0.2) is 0 Å². The minimum atomic E-state index is -0.308. The molecular formula is C55H48F2N4O. The summed E-state index contributed by atoms with van der Waals surface area (Å²) in [6, 6.07) is 52.2. The summed E-state index contributed by atoms with van der Waals surface area (Å²) >= 11 is 0. The van der Waals surface area contributed by atoms with Crippen LogP contribution in [0.1, 0.15) is 52.7 Å². The van der Waals surface area contributed by atoms with Crippen LogP contribution in [0, 0.1) is 11.6 Å². The van der Waals surface area contributed by atoms with Gasteiger partial charge >= 0.3 is 0 Å². The van der Waals surface area contributed by atoms with Gasteiger partial charge in [0.25, 0.3) is 0 Å². The van der Waals surface area contributed by atoms with E-state index in [9.17, 15) is 8.78 Å². The first kappa shape index (κ1) is 40.2. The van der Waals surface area contributed by atoms with Crippen molar-refractivity contribution in [2.45, 2.75) is 52.4 Å². The highest BCUT2D eigenvalue weighted by molar-refractivity contribution is 6.09. The molecule has 0 amide bonds. The molecule has 308 valence electrons. The maximum absolute atomic E-state index is 14.3. The summed E-state index contributed by atoms with van der Waals surface area (Å²) in [4.78, 5) is 4.84. The zero-order chi connectivity index (χ0) is 43.2. The van der Waals surface area contributed by atoms with E-state index in [-0.39, 0.29) is 22.5 Å². The number of anilines is 4. The van der Waals surface area contributed by atoms with Crippen LogP contribution in [-0.4, -0.2) is 9.55 Å². The number of rotatable bonds is 9. The van der Waals surface area contributed by atoms with E-state index in [2.05, 4.69) is 117 Å². The number of aromatic nitrogens is 2. The molecule has 0 atom stereocenters. The van der Waals surface area contributed by atoms with Crippen molar-refractivity contribution in [3.63, 3.8) is 0 Å². The molecule has 2 aromatic heterocycles. The lowest BCUT2D eigenvalue weighted by Crippen LogP contribution is -2.12. The largest absolute Gasteiger partial charge is 0.457 e. The fourth-order valence-corrected chi connectivity index (χ4v) is 7.96. The Labute approximate surface area is 361 Å². The van der Waals surface area contributed by atoms with Crippen LogP contribution < -0.4 is 15.4 Å². The molecule has 9 aromatic rings. The van der Waals surface area contributed by atoms with Crippen molar-refractivity contribution in [2.24, 2.45) is 0 Å². The van der Waals surface area contributed by atoms with Gasteiger partial charge in [0.05, 0.1) is 28.1 Å². The van der Waals surface area contributed by atoms with Gasteiger partial charge in [-0.15, -0.1) is 0 Å². The van der Waals surface area contributed by atoms with Gasteiger partial charge in [-0.3, -0.25) is 4.57 Å². The van der Waals surface area contributed by atoms with Crippen molar-refractivity contribution in [1.82, 2.24) is 9.55 Å². The minimum absolute atomic E-state index is 0.0298. The summed E-state index contributed by atoms with van der Waals surface area (Å²) in [7, 11) is 0. The van der Waals surface area contributed by atoms with Crippen LogP contribution >= 0.6 is 0 Å². The van der Waals surface area contributed by atoms with Crippen molar-refractivity contribution in [3.05, 3.63) is 193 Å². The lowest BCUT2D eigenvalue weighted by molar-refractivity contribution is 0.483. The van der Waals surface area contributed by atoms with Crippen molar-refractivity contribution in [2.75, 3.05) is 10.6 Å². The molecule has 7 aromatic carbocycles. The van der Waals surface area contributed by atoms with E-state index in [1.54, 1.807) is 24.3 Å². The molecule has 0 aliphatic carbocycles. The van der Waals surface area contributed by atoms with Gasteiger partial charge in [0.2, 0.25) is 0 Å². The predicted molar refractivity (Wildman–Crippen MR) is 253 cm³/mol. The standard InChI is InChI=1S/C55H48F2N4O/c1-54(2,3)37-28-29-58-52(32-37)61-50-17-10-7-14-44(50)45-27-26-43(34-51(45)61)62-42-13-11-12-41(33-42)59-48-15-8-9-16-49(48)60-53-46(35-18-22-39(56)23-19-35)30-38(55(4,5)6)31-47(53)36-20-24-40(57)25-21-36/h7-34,59-60H,1-6H3. The molecule has 0 unspecified atom stereocenters. The van der Waals surface area contributed by atoms with Gasteiger partial charge in [-0.2, -0.15) is 0 Å². The molecule has 0 bridgehead atoms. The average molecular weight is 819 g/mol. The van der Waals surface area contributed by atoms with Crippen LogP contribution in [0.15, 0.2) is 170 Å². The normalized spacial score (nSPS) is 11.9. The van der Waals surface area contributed by atoms with Gasteiger partial charge in [-0.1, -0.05) is 102 Å². The number of nitrogens with zero attached hydrogens (tertiary/aromatic N) is 2. The molecule has 0 spiro atoms. The molecule has 0 aliphatic heterocycles. The molecule has 7 heteroatoms. The molecule has 5 nitrogen and oxygen atoms in total. The molecule has 0 aliphatic rings. The van der Waals surface area contributed by atoms with Gasteiger partial charge in [-0.05, 0) is 124 Å². The van der Waals surface area contributed by atoms with Crippen LogP contribution in [0.3, 0.4) is 0 Å². The number of nitrogens with one attached hydrogen (secondary N) is 2. The van der Waals surface area contributed by atoms with Crippen molar-refractivity contribution < 1.29 is 13.5 Å². The Bertz CT molecular complexity index is 3020. The highest BCUT2D eigenvalue weighted by Gasteiger charge is 2.23. The molecule has 0 fully saturated rings. The number of pyridine rings is 1. The van der Waals surface area contributed by atoms with Gasteiger partial charge in [-0.25, -0.2) is 13.8 Å². The number of benzene rings is 7. The first-order chi connectivity index (χ1) is 29.8. The highest BCUT2D eigenvalue weighted by atomic mass is 19.1. The summed E-state index contributed by atoms with van der Waals surface area (Å²) in [6.07, 6.45) is 1.89. The topological polar surface area (TPSA) is 51.1 Å². The molecule has 62 heavy (non-hydrogen) atoms. The van der Waals surface area contributed by atoms with E-state index in [1.807, 2.05) is 60.8 Å². The van der Waals surface area contributed by atoms with Crippen molar-refractivity contribution in [3.8, 4) is 39.6 Å². The predicted octanol–water partition coefficient (Wildman–Crippen LogP) is 15.7. The second-order valence-electron chi connectivity index (χ2n) is 17.8. The van der Waals surface area contributed by atoms with E-state index in [0.717, 1.165) is 78.2 Å². The van der Waals surface area contributed by atoms with Gasteiger partial charge < -0.3 is 15.4 Å². The van der Waals surface area contributed by atoms with Crippen molar-refractivity contribution in [1.29, 1.82) is 0 Å². The molecule has 2 N–H and O–H groups in total. The van der Waals surface area contributed by atoms with Crippen LogP contribution in [-0.2, 0) is 10.8 Å². The molecular weight excluding hydrogens is 771 g/mol. The SMILES string of the molecule is CC(C)(C)c1ccnc(-n2c3ccccc3c3ccc(Oc4cccc(Nc5ccccc5Nc5c(-c6ccc(F)cc6)cc(C(C)(C)C)cc5-c5ccc(F)cc5)c4)cc32)c1. The monoisotopic (exact) mass is 818 g/mol. The van der Waals surface area contributed by atoms with E-state index in [1.165, 1.54) is 29.8 Å². The molecule has 9 rings (SSSR count). The van der Waals surface area contributed by atoms with Gasteiger partial charge in [0, 0.05) is 45.9 Å². The third kappa shape index (κ3) is 8.14. The Hall–Kier alpha value is -7.25. The summed E-state index contributed by atoms with van der Waals surface area (Å²) in [5.41, 5.74) is 11.0. The Morgan fingerprint density at radius 1 is 0.500 bits per heavy atom. The summed E-state index contributed by atoms with van der Waals surface area (Å²) < 4.78 is 37.3. The lowest BCUT2D eigenvalue weighted by atomic mass is 9.82. The molecule has 0 radical (unpaired) electrons. The average Bonchev–Trinajstić information content (AvgIpc) is 3.58. The summed E-state index contributed by atoms with van der Waals surface area (Å²) in [5, 5.41) is 9.66. The molecule has 2 heterocycles. The zero-order valence-electron chi connectivity index (χ0n) is 35.7. The Kier molecular flexibility index (Phi) is 10.4. The fourth-order valence-electron chi connectivity index (χ4n) is 7.96. The highest BCUT2D eigenvalue weighted by Crippen LogP contribution is 2.44. The Morgan fingerprint density at radius 2 is 1.08 bits per heavy atom. The van der Waals surface area contributed by atoms with Crippen LogP contribution in [0.5, 0.6) is 11.5 Å². The Balaban J connectivity index is 1.07. The van der Waals surface area contributed by atoms with Gasteiger partial charge in [0.1, 0.15) is 29.0 Å². The van der Waals surface area contributed by atoms with Crippen LogP contribution in [0.25, 0.3) is 49.9 Å². The summed E-state index contributed by atoms with van der Waals surface area (Å²) in [5.74, 6) is 1.62. The number of halogens is 2. The quantitative estimate of drug-likeness (QED) is 0.152. The zero-order valence-corrected chi connectivity index (χ0v) is 35.7. The van der Waals surface area contributed by atoms with E-state index < -0.39 is 0 Å². The maximum Gasteiger partial charge on any atom is 0.137 e. The second kappa shape index (κ2) is 16.0. The number of hydrogen-bond acceptors (Lipinski definition) is 4. The van der Waals surface area contributed by atoms with Crippen LogP contribution in [0.4, 0.5) is 31.5 Å². The second-order valence-corrected chi connectivity index (χ2v) is 17.8. The van der Waals surface area contributed by atoms with E-state index in [0.29, 0.717) is 11.5 Å². The number of ether oxygens (including phenoxy) is 1.